The molecule has 0 spiro atoms. The van der Waals surface area contributed by atoms with Gasteiger partial charge in [0.15, 0.2) is 12.4 Å². The summed E-state index contributed by atoms with van der Waals surface area (Å²) in [5.41, 5.74) is 4.83. The van der Waals surface area contributed by atoms with Gasteiger partial charge in [0.25, 0.3) is 0 Å². The highest BCUT2D eigenvalue weighted by molar-refractivity contribution is 5.89. The third-order valence-electron chi connectivity index (χ3n) is 3.56. The van der Waals surface area contributed by atoms with Crippen LogP contribution in [0.1, 0.15) is 21.7 Å². The standard InChI is InChI=1S/C18H13F4N5O2/c19-12-4-6-13(7-5-12)24-17-26-14(25-16(23)27-17)9-29-15(28)10-2-1-3-11(8-10)18(20,21)22/h1-8H,9H2,(H3,23,24,25,26,27). The number of hydrogen-bond acceptors (Lipinski definition) is 7. The lowest BCUT2D eigenvalue weighted by Gasteiger charge is -2.09. The number of rotatable bonds is 5. The molecule has 0 bridgehead atoms. The van der Waals surface area contributed by atoms with E-state index in [0.717, 1.165) is 12.1 Å². The Kier molecular flexibility index (Phi) is 5.57. The lowest BCUT2D eigenvalue weighted by molar-refractivity contribution is -0.137. The summed E-state index contributed by atoms with van der Waals surface area (Å²) in [6, 6.07) is 9.18. The van der Waals surface area contributed by atoms with Crippen molar-refractivity contribution in [2.75, 3.05) is 11.1 Å². The van der Waals surface area contributed by atoms with Gasteiger partial charge in [0.05, 0.1) is 11.1 Å². The number of hydrogen-bond donors (Lipinski definition) is 2. The molecular formula is C18H13F4N5O2. The van der Waals surface area contributed by atoms with Gasteiger partial charge in [0.1, 0.15) is 5.82 Å². The minimum absolute atomic E-state index is 0.0224. The topological polar surface area (TPSA) is 103 Å². The number of nitrogens with zero attached hydrogens (tertiary/aromatic N) is 3. The summed E-state index contributed by atoms with van der Waals surface area (Å²) < 4.78 is 56.2. The maximum Gasteiger partial charge on any atom is 0.416 e. The molecule has 11 heteroatoms. The van der Waals surface area contributed by atoms with E-state index in [1.165, 1.54) is 30.3 Å². The second-order valence-corrected chi connectivity index (χ2v) is 5.72. The van der Waals surface area contributed by atoms with Crippen molar-refractivity contribution in [3.8, 4) is 0 Å². The van der Waals surface area contributed by atoms with E-state index in [4.69, 9.17) is 10.5 Å². The van der Waals surface area contributed by atoms with Crippen LogP contribution in [0.5, 0.6) is 0 Å². The fourth-order valence-electron chi connectivity index (χ4n) is 2.26. The van der Waals surface area contributed by atoms with Gasteiger partial charge < -0.3 is 15.8 Å². The molecule has 0 aliphatic rings. The molecule has 7 nitrogen and oxygen atoms in total. The highest BCUT2D eigenvalue weighted by Gasteiger charge is 2.31. The summed E-state index contributed by atoms with van der Waals surface area (Å²) in [7, 11) is 0. The van der Waals surface area contributed by atoms with Crippen LogP contribution in [0.2, 0.25) is 0 Å². The SMILES string of the molecule is Nc1nc(COC(=O)c2cccc(C(F)(F)F)c2)nc(Nc2ccc(F)cc2)n1. The zero-order valence-electron chi connectivity index (χ0n) is 14.6. The lowest BCUT2D eigenvalue weighted by atomic mass is 10.1. The Labute approximate surface area is 161 Å². The van der Waals surface area contributed by atoms with Crippen LogP contribution >= 0.6 is 0 Å². The van der Waals surface area contributed by atoms with Crippen molar-refractivity contribution in [1.82, 2.24) is 15.0 Å². The summed E-state index contributed by atoms with van der Waals surface area (Å²) in [6.45, 7) is -0.445. The molecule has 0 fully saturated rings. The van der Waals surface area contributed by atoms with Crippen LogP contribution in [0.4, 0.5) is 35.1 Å². The third-order valence-corrected chi connectivity index (χ3v) is 3.56. The van der Waals surface area contributed by atoms with Gasteiger partial charge >= 0.3 is 12.1 Å². The average molecular weight is 407 g/mol. The number of benzene rings is 2. The van der Waals surface area contributed by atoms with E-state index < -0.39 is 30.1 Å². The Hall–Kier alpha value is -3.76. The maximum absolute atomic E-state index is 13.0. The Bertz CT molecular complexity index is 1030. The normalized spacial score (nSPS) is 11.2. The monoisotopic (exact) mass is 407 g/mol. The molecule has 0 atom stereocenters. The molecule has 0 aliphatic carbocycles. The van der Waals surface area contributed by atoms with E-state index in [0.29, 0.717) is 11.8 Å². The second-order valence-electron chi connectivity index (χ2n) is 5.72. The number of halogens is 4. The van der Waals surface area contributed by atoms with Gasteiger partial charge in [-0.1, -0.05) is 6.07 Å². The molecule has 0 aliphatic heterocycles. The molecule has 150 valence electrons. The molecule has 1 aromatic heterocycles. The van der Waals surface area contributed by atoms with E-state index in [-0.39, 0.29) is 23.3 Å². The Morgan fingerprint density at radius 3 is 2.48 bits per heavy atom. The van der Waals surface area contributed by atoms with E-state index in [9.17, 15) is 22.4 Å². The van der Waals surface area contributed by atoms with Crippen molar-refractivity contribution in [3.05, 3.63) is 71.3 Å². The molecule has 0 unspecified atom stereocenters. The minimum atomic E-state index is -4.58. The second kappa shape index (κ2) is 8.09. The van der Waals surface area contributed by atoms with Crippen LogP contribution in [0.15, 0.2) is 48.5 Å². The molecular weight excluding hydrogens is 394 g/mol. The largest absolute Gasteiger partial charge is 0.454 e. The predicted octanol–water partition coefficient (Wildman–Crippen LogP) is 3.71. The van der Waals surface area contributed by atoms with Gasteiger partial charge in [-0.2, -0.15) is 28.1 Å². The molecule has 3 rings (SSSR count). The number of nitrogens with two attached hydrogens (primary N) is 1. The molecule has 0 amide bonds. The van der Waals surface area contributed by atoms with Crippen LogP contribution in [-0.2, 0) is 17.5 Å². The summed E-state index contributed by atoms with van der Waals surface area (Å²) in [4.78, 5) is 23.7. The van der Waals surface area contributed by atoms with Gasteiger partial charge in [0.2, 0.25) is 11.9 Å². The highest BCUT2D eigenvalue weighted by atomic mass is 19.4. The first kappa shape index (κ1) is 20.0. The van der Waals surface area contributed by atoms with Gasteiger partial charge in [-0.15, -0.1) is 0 Å². The number of carbonyl (C=O) groups is 1. The van der Waals surface area contributed by atoms with Gasteiger partial charge in [-0.3, -0.25) is 0 Å². The summed E-state index contributed by atoms with van der Waals surface area (Å²) in [5.74, 6) is -1.58. The maximum atomic E-state index is 13.0. The van der Waals surface area contributed by atoms with Crippen LogP contribution in [0.3, 0.4) is 0 Å². The van der Waals surface area contributed by atoms with Crippen LogP contribution in [-0.4, -0.2) is 20.9 Å². The Morgan fingerprint density at radius 1 is 1.07 bits per heavy atom. The van der Waals surface area contributed by atoms with Crippen molar-refractivity contribution in [2.24, 2.45) is 0 Å². The van der Waals surface area contributed by atoms with Crippen LogP contribution in [0.25, 0.3) is 0 Å². The first-order valence-corrected chi connectivity index (χ1v) is 8.08. The number of nitrogen functional groups attached to an aromatic ring is 1. The van der Waals surface area contributed by atoms with Crippen molar-refractivity contribution in [1.29, 1.82) is 0 Å². The van der Waals surface area contributed by atoms with E-state index in [2.05, 4.69) is 20.3 Å². The molecule has 3 aromatic rings. The summed E-state index contributed by atoms with van der Waals surface area (Å²) in [5, 5.41) is 2.78. The smallest absolute Gasteiger partial charge is 0.416 e. The molecule has 0 radical (unpaired) electrons. The zero-order valence-corrected chi connectivity index (χ0v) is 14.6. The fraction of sp³-hybridized carbons (Fsp3) is 0.111. The van der Waals surface area contributed by atoms with Crippen molar-refractivity contribution in [3.63, 3.8) is 0 Å². The Balaban J connectivity index is 1.70. The average Bonchev–Trinajstić information content (AvgIpc) is 2.67. The first-order valence-electron chi connectivity index (χ1n) is 8.08. The predicted molar refractivity (Wildman–Crippen MR) is 94.5 cm³/mol. The van der Waals surface area contributed by atoms with E-state index in [1.807, 2.05) is 0 Å². The summed E-state index contributed by atoms with van der Waals surface area (Å²) >= 11 is 0. The minimum Gasteiger partial charge on any atom is -0.454 e. The van der Waals surface area contributed by atoms with Gasteiger partial charge in [0, 0.05) is 5.69 Å². The lowest BCUT2D eigenvalue weighted by Crippen LogP contribution is -2.12. The quantitative estimate of drug-likeness (QED) is 0.491. The van der Waals surface area contributed by atoms with Crippen LogP contribution < -0.4 is 11.1 Å². The number of aromatic nitrogens is 3. The number of nitrogens with one attached hydrogen (secondary N) is 1. The summed E-state index contributed by atoms with van der Waals surface area (Å²) in [6.07, 6.45) is -4.58. The van der Waals surface area contributed by atoms with Crippen LogP contribution in [0, 0.1) is 5.82 Å². The van der Waals surface area contributed by atoms with Crippen molar-refractivity contribution < 1.29 is 27.1 Å². The molecule has 3 N–H and O–H groups in total. The number of anilines is 3. The first-order chi connectivity index (χ1) is 13.7. The molecule has 1 heterocycles. The number of ether oxygens (including phenoxy) is 1. The molecule has 0 saturated carbocycles. The highest BCUT2D eigenvalue weighted by Crippen LogP contribution is 2.29. The number of esters is 1. The number of alkyl halides is 3. The van der Waals surface area contributed by atoms with Crippen molar-refractivity contribution >= 4 is 23.6 Å². The van der Waals surface area contributed by atoms with Gasteiger partial charge in [-0.25, -0.2) is 9.18 Å². The Morgan fingerprint density at radius 2 is 1.79 bits per heavy atom. The van der Waals surface area contributed by atoms with Gasteiger partial charge in [-0.05, 0) is 42.5 Å². The van der Waals surface area contributed by atoms with Crippen molar-refractivity contribution in [2.45, 2.75) is 12.8 Å². The third kappa shape index (κ3) is 5.37. The number of carbonyl (C=O) groups excluding carboxylic acids is 1. The zero-order chi connectivity index (χ0) is 21.0. The molecule has 2 aromatic carbocycles. The van der Waals surface area contributed by atoms with E-state index in [1.54, 1.807) is 0 Å². The van der Waals surface area contributed by atoms with E-state index >= 15 is 0 Å². The molecule has 29 heavy (non-hydrogen) atoms. The fourth-order valence-corrected chi connectivity index (χ4v) is 2.26. The molecule has 0 saturated heterocycles.